The normalized spacial score (nSPS) is 17.8. The molecule has 1 aliphatic rings. The van der Waals surface area contributed by atoms with Gasteiger partial charge in [0, 0.05) is 32.1 Å². The van der Waals surface area contributed by atoms with E-state index in [0.717, 1.165) is 38.8 Å². The van der Waals surface area contributed by atoms with Crippen molar-refractivity contribution in [2.24, 2.45) is 5.41 Å². The summed E-state index contributed by atoms with van der Waals surface area (Å²) in [5.74, 6) is 0. The molecule has 0 N–H and O–H groups in total. The number of hydrogen-bond donors (Lipinski definition) is 0. The van der Waals surface area contributed by atoms with Gasteiger partial charge in [-0.1, -0.05) is 32.4 Å². The third-order valence-electron chi connectivity index (χ3n) is 4.00. The predicted octanol–water partition coefficient (Wildman–Crippen LogP) is 2.95. The number of carbonyl (C=O) groups is 1. The molecular formula is C16H24N2O. The zero-order chi connectivity index (χ0) is 13.9. The molecule has 0 amide bonds. The van der Waals surface area contributed by atoms with Crippen molar-refractivity contribution in [2.45, 2.75) is 26.7 Å². The summed E-state index contributed by atoms with van der Waals surface area (Å²) >= 11 is 0. The molecule has 1 unspecified atom stereocenters. The molecule has 0 aliphatic carbocycles. The van der Waals surface area contributed by atoms with Crippen molar-refractivity contribution >= 4 is 17.7 Å². The van der Waals surface area contributed by atoms with Gasteiger partial charge in [-0.2, -0.15) is 0 Å². The smallest absolute Gasteiger partial charge is 0.127 e. The first-order chi connectivity index (χ1) is 9.09. The quantitative estimate of drug-likeness (QED) is 0.760. The second-order valence-corrected chi connectivity index (χ2v) is 5.85. The van der Waals surface area contributed by atoms with Gasteiger partial charge >= 0.3 is 0 Å². The fourth-order valence-corrected chi connectivity index (χ4v) is 2.91. The van der Waals surface area contributed by atoms with Crippen molar-refractivity contribution in [2.75, 3.05) is 36.5 Å². The second-order valence-electron chi connectivity index (χ2n) is 5.85. The number of benzene rings is 1. The van der Waals surface area contributed by atoms with E-state index in [2.05, 4.69) is 55.0 Å². The van der Waals surface area contributed by atoms with E-state index in [4.69, 9.17) is 0 Å². The molecule has 1 atom stereocenters. The summed E-state index contributed by atoms with van der Waals surface area (Å²) in [5, 5.41) is 0. The maximum absolute atomic E-state index is 11.4. The van der Waals surface area contributed by atoms with Gasteiger partial charge in [-0.3, -0.25) is 0 Å². The van der Waals surface area contributed by atoms with Crippen molar-refractivity contribution in [1.29, 1.82) is 0 Å². The van der Waals surface area contributed by atoms with Crippen LogP contribution in [0.2, 0.25) is 0 Å². The summed E-state index contributed by atoms with van der Waals surface area (Å²) in [6, 6.07) is 8.45. The van der Waals surface area contributed by atoms with Crippen LogP contribution in [0.3, 0.4) is 0 Å². The van der Waals surface area contributed by atoms with Crippen LogP contribution in [-0.4, -0.2) is 33.0 Å². The van der Waals surface area contributed by atoms with Gasteiger partial charge in [0.05, 0.1) is 11.4 Å². The van der Waals surface area contributed by atoms with Crippen molar-refractivity contribution in [1.82, 2.24) is 0 Å². The molecule has 0 saturated heterocycles. The minimum Gasteiger partial charge on any atom is -0.371 e. The molecule has 0 saturated carbocycles. The van der Waals surface area contributed by atoms with Crippen LogP contribution >= 0.6 is 0 Å². The van der Waals surface area contributed by atoms with Crippen LogP contribution in [0.5, 0.6) is 0 Å². The summed E-state index contributed by atoms with van der Waals surface area (Å²) in [6.07, 6.45) is 3.13. The van der Waals surface area contributed by atoms with Crippen molar-refractivity contribution in [3.05, 3.63) is 24.3 Å². The highest BCUT2D eigenvalue weighted by atomic mass is 16.1. The zero-order valence-electron chi connectivity index (χ0n) is 12.2. The molecule has 1 heterocycles. The van der Waals surface area contributed by atoms with Gasteiger partial charge in [0.25, 0.3) is 0 Å². The van der Waals surface area contributed by atoms with Gasteiger partial charge < -0.3 is 14.6 Å². The lowest BCUT2D eigenvalue weighted by Crippen LogP contribution is -2.44. The first-order valence-corrected chi connectivity index (χ1v) is 7.11. The highest BCUT2D eigenvalue weighted by Gasteiger charge is 2.29. The van der Waals surface area contributed by atoms with Crippen LogP contribution < -0.4 is 9.80 Å². The molecule has 3 nitrogen and oxygen atoms in total. The highest BCUT2D eigenvalue weighted by Crippen LogP contribution is 2.34. The van der Waals surface area contributed by atoms with Crippen molar-refractivity contribution < 1.29 is 4.79 Å². The van der Waals surface area contributed by atoms with Crippen molar-refractivity contribution in [3.8, 4) is 0 Å². The van der Waals surface area contributed by atoms with Gasteiger partial charge in [-0.15, -0.1) is 0 Å². The van der Waals surface area contributed by atoms with Crippen LogP contribution in [0.1, 0.15) is 26.7 Å². The van der Waals surface area contributed by atoms with E-state index in [-0.39, 0.29) is 5.41 Å². The molecule has 0 bridgehead atoms. The van der Waals surface area contributed by atoms with Crippen LogP contribution in [-0.2, 0) is 4.79 Å². The number of carbonyl (C=O) groups excluding carboxylic acids is 1. The van der Waals surface area contributed by atoms with E-state index in [1.54, 1.807) is 0 Å². The Morgan fingerprint density at radius 1 is 1.26 bits per heavy atom. The average Bonchev–Trinajstić information content (AvgIpc) is 2.43. The number of nitrogens with zero attached hydrogens (tertiary/aromatic N) is 2. The number of fused-ring (bicyclic) bond motifs is 1. The van der Waals surface area contributed by atoms with Gasteiger partial charge in [-0.05, 0) is 18.6 Å². The van der Waals surface area contributed by atoms with E-state index in [1.807, 2.05) is 0 Å². The van der Waals surface area contributed by atoms with E-state index in [0.29, 0.717) is 0 Å². The Kier molecular flexibility index (Phi) is 4.13. The topological polar surface area (TPSA) is 23.6 Å². The van der Waals surface area contributed by atoms with Crippen LogP contribution in [0.4, 0.5) is 11.4 Å². The Labute approximate surface area is 116 Å². The summed E-state index contributed by atoms with van der Waals surface area (Å²) < 4.78 is 0. The fraction of sp³-hybridized carbons (Fsp3) is 0.562. The number of rotatable bonds is 5. The predicted molar refractivity (Wildman–Crippen MR) is 81.0 cm³/mol. The standard InChI is InChI=1S/C16H24N2O/c1-4-9-16(2,13-19)12-18-11-10-17(3)14-7-5-6-8-15(14)18/h5-8,13H,4,9-12H2,1-3H3. The van der Waals surface area contributed by atoms with Crippen molar-refractivity contribution in [3.63, 3.8) is 0 Å². The Bertz CT molecular complexity index is 446. The number of likely N-dealkylation sites (N-methyl/N-ethyl adjacent to an activating group) is 1. The Balaban J connectivity index is 2.23. The minimum absolute atomic E-state index is 0.238. The Morgan fingerprint density at radius 3 is 2.58 bits per heavy atom. The van der Waals surface area contributed by atoms with Gasteiger partial charge in [0.15, 0.2) is 0 Å². The lowest BCUT2D eigenvalue weighted by atomic mass is 9.86. The summed E-state index contributed by atoms with van der Waals surface area (Å²) in [6.45, 7) is 7.03. The van der Waals surface area contributed by atoms with Crippen LogP contribution in [0.15, 0.2) is 24.3 Å². The second kappa shape index (κ2) is 5.64. The first kappa shape index (κ1) is 13.9. The molecule has 0 aromatic heterocycles. The van der Waals surface area contributed by atoms with Gasteiger partial charge in [0.2, 0.25) is 0 Å². The maximum atomic E-state index is 11.4. The number of anilines is 2. The molecule has 1 aromatic carbocycles. The largest absolute Gasteiger partial charge is 0.371 e. The third kappa shape index (κ3) is 2.91. The van der Waals surface area contributed by atoms with Crippen LogP contribution in [0.25, 0.3) is 0 Å². The molecular weight excluding hydrogens is 236 g/mol. The zero-order valence-corrected chi connectivity index (χ0v) is 12.2. The lowest BCUT2D eigenvalue weighted by Gasteiger charge is -2.40. The number of para-hydroxylation sites is 2. The molecule has 3 heteroatoms. The fourth-order valence-electron chi connectivity index (χ4n) is 2.91. The highest BCUT2D eigenvalue weighted by molar-refractivity contribution is 5.74. The van der Waals surface area contributed by atoms with Gasteiger partial charge in [0.1, 0.15) is 6.29 Å². The monoisotopic (exact) mass is 260 g/mol. The number of hydrogen-bond acceptors (Lipinski definition) is 3. The molecule has 2 rings (SSSR count). The first-order valence-electron chi connectivity index (χ1n) is 7.11. The molecule has 19 heavy (non-hydrogen) atoms. The summed E-state index contributed by atoms with van der Waals surface area (Å²) in [5.41, 5.74) is 2.27. The minimum atomic E-state index is -0.238. The average molecular weight is 260 g/mol. The molecule has 0 radical (unpaired) electrons. The third-order valence-corrected chi connectivity index (χ3v) is 4.00. The maximum Gasteiger partial charge on any atom is 0.127 e. The van der Waals surface area contributed by atoms with E-state index < -0.39 is 0 Å². The van der Waals surface area contributed by atoms with E-state index in [1.165, 1.54) is 11.4 Å². The lowest BCUT2D eigenvalue weighted by molar-refractivity contribution is -0.115. The number of aldehydes is 1. The van der Waals surface area contributed by atoms with E-state index >= 15 is 0 Å². The molecule has 104 valence electrons. The summed E-state index contributed by atoms with van der Waals surface area (Å²) in [7, 11) is 2.13. The van der Waals surface area contributed by atoms with Gasteiger partial charge in [-0.25, -0.2) is 0 Å². The molecule has 1 aromatic rings. The van der Waals surface area contributed by atoms with Crippen LogP contribution in [0, 0.1) is 5.41 Å². The molecule has 0 spiro atoms. The Morgan fingerprint density at radius 2 is 1.95 bits per heavy atom. The molecule has 0 fully saturated rings. The molecule has 1 aliphatic heterocycles. The Hall–Kier alpha value is -1.51. The van der Waals surface area contributed by atoms with E-state index in [9.17, 15) is 4.79 Å². The summed E-state index contributed by atoms with van der Waals surface area (Å²) in [4.78, 5) is 16.1. The SMILES string of the molecule is CCCC(C)(C=O)CN1CCN(C)c2ccccc21.